The average Bonchev–Trinajstić information content (AvgIpc) is 3.41. The minimum absolute atomic E-state index is 0.100. The number of carbonyl (C=O) groups excluding carboxylic acids is 1. The first-order valence-electron chi connectivity index (χ1n) is 15.7. The van der Waals surface area contributed by atoms with E-state index in [1.807, 2.05) is 60.7 Å². The molecule has 0 heterocycles. The fraction of sp³-hybridized carbons (Fsp3) is 0.200. The highest BCUT2D eigenvalue weighted by atomic mass is 16.5. The number of alkyl carbamates (subject to hydrolysis) is 1. The number of carboxylic acid groups (broad SMARTS) is 1. The molecule has 0 spiro atoms. The van der Waals surface area contributed by atoms with E-state index in [1.165, 1.54) is 5.56 Å². The number of benzene rings is 5. The second-order valence-corrected chi connectivity index (χ2v) is 11.8. The molecule has 0 aromatic heterocycles. The number of hydrogen-bond donors (Lipinski definition) is 3. The van der Waals surface area contributed by atoms with Crippen molar-refractivity contribution in [2.45, 2.75) is 37.3 Å². The highest BCUT2D eigenvalue weighted by molar-refractivity contribution is 5.81. The molecule has 1 aliphatic rings. The number of hydrogen-bond acceptors (Lipinski definition) is 4. The molecule has 232 valence electrons. The Bertz CT molecular complexity index is 1700. The molecule has 0 saturated carbocycles. The summed E-state index contributed by atoms with van der Waals surface area (Å²) in [5.74, 6) is -1.19. The molecule has 1 unspecified atom stereocenters. The average molecular weight is 611 g/mol. The Morgan fingerprint density at radius 1 is 0.717 bits per heavy atom. The van der Waals surface area contributed by atoms with Crippen molar-refractivity contribution in [3.63, 3.8) is 0 Å². The van der Waals surface area contributed by atoms with E-state index in [2.05, 4.69) is 90.4 Å². The SMILES string of the molecule is Cc1ccc(C(NCCCC(NC(=O)OCC2c3ccccc3-c3ccccc32)C(=O)O)(c2ccccc2)c2ccccc2)cc1. The van der Waals surface area contributed by atoms with Crippen LogP contribution in [0.5, 0.6) is 0 Å². The lowest BCUT2D eigenvalue weighted by Gasteiger charge is -2.37. The van der Waals surface area contributed by atoms with Crippen LogP contribution in [0.25, 0.3) is 11.1 Å². The largest absolute Gasteiger partial charge is 0.480 e. The van der Waals surface area contributed by atoms with Crippen molar-refractivity contribution in [1.82, 2.24) is 10.6 Å². The first-order valence-corrected chi connectivity index (χ1v) is 15.7. The van der Waals surface area contributed by atoms with Gasteiger partial charge in [0.25, 0.3) is 0 Å². The fourth-order valence-electron chi connectivity index (χ4n) is 6.61. The molecule has 6 heteroatoms. The van der Waals surface area contributed by atoms with Crippen molar-refractivity contribution in [3.05, 3.63) is 167 Å². The molecular formula is C40H38N2O4. The van der Waals surface area contributed by atoms with Gasteiger partial charge in [0.2, 0.25) is 0 Å². The van der Waals surface area contributed by atoms with E-state index in [9.17, 15) is 14.7 Å². The van der Waals surface area contributed by atoms with Crippen LogP contribution in [0.2, 0.25) is 0 Å². The maximum Gasteiger partial charge on any atom is 0.407 e. The Kier molecular flexibility index (Phi) is 9.27. The third kappa shape index (κ3) is 6.30. The highest BCUT2D eigenvalue weighted by Crippen LogP contribution is 2.44. The van der Waals surface area contributed by atoms with Crippen LogP contribution in [0.4, 0.5) is 4.79 Å². The minimum Gasteiger partial charge on any atom is -0.480 e. The zero-order chi connectivity index (χ0) is 31.9. The molecule has 1 amide bonds. The number of carboxylic acids is 1. The molecule has 46 heavy (non-hydrogen) atoms. The predicted molar refractivity (Wildman–Crippen MR) is 181 cm³/mol. The van der Waals surface area contributed by atoms with E-state index in [0.717, 1.165) is 38.9 Å². The predicted octanol–water partition coefficient (Wildman–Crippen LogP) is 7.65. The fourth-order valence-corrected chi connectivity index (χ4v) is 6.61. The first kappa shape index (κ1) is 30.8. The Hall–Kier alpha value is -5.20. The van der Waals surface area contributed by atoms with Gasteiger partial charge < -0.3 is 15.2 Å². The zero-order valence-electron chi connectivity index (χ0n) is 25.9. The molecule has 0 aliphatic heterocycles. The lowest BCUT2D eigenvalue weighted by Crippen LogP contribution is -2.46. The molecule has 6 nitrogen and oxygen atoms in total. The number of fused-ring (bicyclic) bond motifs is 3. The van der Waals surface area contributed by atoms with E-state index < -0.39 is 23.6 Å². The van der Waals surface area contributed by atoms with Gasteiger partial charge in [-0.15, -0.1) is 0 Å². The molecule has 0 fully saturated rings. The van der Waals surface area contributed by atoms with Crippen LogP contribution in [0.1, 0.15) is 52.1 Å². The van der Waals surface area contributed by atoms with Crippen molar-refractivity contribution in [2.24, 2.45) is 0 Å². The molecule has 5 aromatic rings. The van der Waals surface area contributed by atoms with Crippen LogP contribution in [0.15, 0.2) is 133 Å². The monoisotopic (exact) mass is 610 g/mol. The molecule has 1 aliphatic carbocycles. The highest BCUT2D eigenvalue weighted by Gasteiger charge is 2.36. The van der Waals surface area contributed by atoms with Crippen molar-refractivity contribution in [3.8, 4) is 11.1 Å². The van der Waals surface area contributed by atoms with Crippen LogP contribution in [0, 0.1) is 6.92 Å². The Labute approximate surface area is 270 Å². The Morgan fingerprint density at radius 2 is 1.22 bits per heavy atom. The Balaban J connectivity index is 1.13. The first-order chi connectivity index (χ1) is 22.5. The van der Waals surface area contributed by atoms with Crippen LogP contribution >= 0.6 is 0 Å². The summed E-state index contributed by atoms with van der Waals surface area (Å²) < 4.78 is 5.64. The summed E-state index contributed by atoms with van der Waals surface area (Å²) in [6, 6.07) is 44.2. The number of nitrogens with one attached hydrogen (secondary N) is 2. The second-order valence-electron chi connectivity index (χ2n) is 11.8. The molecule has 0 saturated heterocycles. The smallest absolute Gasteiger partial charge is 0.407 e. The van der Waals surface area contributed by atoms with Gasteiger partial charge in [-0.3, -0.25) is 5.32 Å². The molecule has 6 rings (SSSR count). The third-order valence-corrected chi connectivity index (χ3v) is 8.89. The lowest BCUT2D eigenvalue weighted by atomic mass is 9.76. The van der Waals surface area contributed by atoms with E-state index in [4.69, 9.17) is 4.74 Å². The summed E-state index contributed by atoms with van der Waals surface area (Å²) in [5, 5.41) is 16.4. The van der Waals surface area contributed by atoms with E-state index in [0.29, 0.717) is 13.0 Å². The van der Waals surface area contributed by atoms with Gasteiger partial charge in [0.1, 0.15) is 12.6 Å². The van der Waals surface area contributed by atoms with E-state index >= 15 is 0 Å². The summed E-state index contributed by atoms with van der Waals surface area (Å²) in [6.07, 6.45) is 0.0124. The van der Waals surface area contributed by atoms with Gasteiger partial charge in [-0.05, 0) is 65.3 Å². The maximum absolute atomic E-state index is 12.9. The topological polar surface area (TPSA) is 87.7 Å². The van der Waals surface area contributed by atoms with Gasteiger partial charge in [0.05, 0.1) is 5.54 Å². The molecule has 1 atom stereocenters. The van der Waals surface area contributed by atoms with Crippen LogP contribution in [-0.4, -0.2) is 36.4 Å². The van der Waals surface area contributed by atoms with Crippen LogP contribution in [0.3, 0.4) is 0 Å². The third-order valence-electron chi connectivity index (χ3n) is 8.89. The molecule has 3 N–H and O–H groups in total. The van der Waals surface area contributed by atoms with E-state index in [-0.39, 0.29) is 18.9 Å². The maximum atomic E-state index is 12.9. The summed E-state index contributed by atoms with van der Waals surface area (Å²) >= 11 is 0. The summed E-state index contributed by atoms with van der Waals surface area (Å²) in [5.41, 5.74) is 8.23. The van der Waals surface area contributed by atoms with Gasteiger partial charge in [-0.2, -0.15) is 0 Å². The van der Waals surface area contributed by atoms with Gasteiger partial charge in [0.15, 0.2) is 0 Å². The van der Waals surface area contributed by atoms with E-state index in [1.54, 1.807) is 0 Å². The normalized spacial score (nSPS) is 13.0. The van der Waals surface area contributed by atoms with Gasteiger partial charge in [-0.1, -0.05) is 139 Å². The number of aliphatic carboxylic acids is 1. The quantitative estimate of drug-likeness (QED) is 0.0998. The minimum atomic E-state index is -1.09. The van der Waals surface area contributed by atoms with Crippen molar-refractivity contribution < 1.29 is 19.4 Å². The van der Waals surface area contributed by atoms with Crippen molar-refractivity contribution >= 4 is 12.1 Å². The second kappa shape index (κ2) is 13.8. The molecule has 5 aromatic carbocycles. The van der Waals surface area contributed by atoms with Gasteiger partial charge >= 0.3 is 12.1 Å². The van der Waals surface area contributed by atoms with Crippen LogP contribution < -0.4 is 10.6 Å². The Morgan fingerprint density at radius 3 is 1.76 bits per heavy atom. The van der Waals surface area contributed by atoms with Gasteiger partial charge in [0, 0.05) is 5.92 Å². The number of rotatable bonds is 12. The number of amides is 1. The van der Waals surface area contributed by atoms with Crippen molar-refractivity contribution in [1.29, 1.82) is 0 Å². The number of aryl methyl sites for hydroxylation is 1. The molecule has 0 radical (unpaired) electrons. The summed E-state index contributed by atoms with van der Waals surface area (Å²) in [6.45, 7) is 2.70. The van der Waals surface area contributed by atoms with Gasteiger partial charge in [-0.25, -0.2) is 9.59 Å². The van der Waals surface area contributed by atoms with Crippen LogP contribution in [-0.2, 0) is 15.1 Å². The lowest BCUT2D eigenvalue weighted by molar-refractivity contribution is -0.139. The molecule has 0 bridgehead atoms. The molecular weight excluding hydrogens is 572 g/mol. The number of ether oxygens (including phenoxy) is 1. The number of carbonyl (C=O) groups is 2. The summed E-state index contributed by atoms with van der Waals surface area (Å²) in [7, 11) is 0. The standard InChI is InChI=1S/C40H38N2O4/c1-28-22-24-31(25-23-28)40(29-13-4-2-5-14-29,30-15-6-3-7-16-30)41-26-12-21-37(38(43)44)42-39(45)46-27-36-34-19-10-8-17-32(34)33-18-9-11-20-35(33)36/h2-11,13-20,22-25,36-37,41H,12,21,26-27H2,1H3,(H,42,45)(H,43,44). The summed E-state index contributed by atoms with van der Waals surface area (Å²) in [4.78, 5) is 25.1. The van der Waals surface area contributed by atoms with Crippen molar-refractivity contribution in [2.75, 3.05) is 13.2 Å². The zero-order valence-corrected chi connectivity index (χ0v) is 25.9.